The Morgan fingerprint density at radius 3 is 1.59 bits per heavy atom. The molecule has 0 aliphatic heterocycles. The summed E-state index contributed by atoms with van der Waals surface area (Å²) in [5.41, 5.74) is 0. The zero-order valence-electron chi connectivity index (χ0n) is 29.4. The maximum absolute atomic E-state index is 11.4. The molecule has 44 heavy (non-hydrogen) atoms. The number of hydrogen-bond donors (Lipinski definition) is 0. The van der Waals surface area contributed by atoms with Crippen LogP contribution in [-0.2, 0) is 28.5 Å². The van der Waals surface area contributed by atoms with Gasteiger partial charge in [0.15, 0.2) is 5.78 Å². The van der Waals surface area contributed by atoms with Gasteiger partial charge in [-0.05, 0) is 39.0 Å². The smallest absolute Gasteiger partial charge is 0.155 e. The second kappa shape index (κ2) is 31.9. The number of carbonyl (C=O) groups is 2. The molecule has 0 fully saturated rings. The Kier molecular flexibility index (Phi) is 31.1. The molecule has 0 N–H and O–H groups in total. The molecule has 8 nitrogen and oxygen atoms in total. The topological polar surface area (TPSA) is 94.1 Å². The molecule has 0 amide bonds. The van der Waals surface area contributed by atoms with Crippen molar-refractivity contribution >= 4 is 11.8 Å². The molecule has 0 spiro atoms. The summed E-state index contributed by atoms with van der Waals surface area (Å²) in [6, 6.07) is 0. The third-order valence-corrected chi connectivity index (χ3v) is 8.13. The van der Waals surface area contributed by atoms with Crippen LogP contribution in [-0.4, -0.2) is 95.8 Å². The van der Waals surface area contributed by atoms with E-state index in [1.165, 1.54) is 103 Å². The van der Waals surface area contributed by atoms with Crippen LogP contribution in [0.15, 0.2) is 0 Å². The molecule has 1 atom stereocenters. The van der Waals surface area contributed by atoms with Crippen molar-refractivity contribution in [2.24, 2.45) is 0 Å². The molecule has 0 rings (SSSR count). The van der Waals surface area contributed by atoms with Crippen LogP contribution in [0.5, 0.6) is 0 Å². The summed E-state index contributed by atoms with van der Waals surface area (Å²) < 4.78 is 23.9. The van der Waals surface area contributed by atoms with Crippen LogP contribution in [0.3, 0.4) is 0 Å². The number of hydrogen-bond acceptors (Lipinski definition) is 7. The lowest BCUT2D eigenvalue weighted by atomic mass is 10.0. The maximum Gasteiger partial charge on any atom is 0.155 e. The van der Waals surface area contributed by atoms with Crippen LogP contribution >= 0.6 is 0 Å². The van der Waals surface area contributed by atoms with Crippen molar-refractivity contribution in [1.29, 1.82) is 0 Å². The number of carboxylic acids is 1. The lowest BCUT2D eigenvalue weighted by molar-refractivity contribution is -0.891. The van der Waals surface area contributed by atoms with Crippen LogP contribution in [0, 0.1) is 0 Å². The fraction of sp³-hybridized carbons (Fsp3) is 0.944. The minimum absolute atomic E-state index is 0.00392. The summed E-state index contributed by atoms with van der Waals surface area (Å²) in [5, 5.41) is 10.5. The van der Waals surface area contributed by atoms with Gasteiger partial charge in [-0.1, -0.05) is 103 Å². The van der Waals surface area contributed by atoms with Crippen molar-refractivity contribution in [3.63, 3.8) is 0 Å². The van der Waals surface area contributed by atoms with Gasteiger partial charge in [-0.2, -0.15) is 0 Å². The molecule has 0 saturated carbocycles. The molecular formula is C36H71NO7. The summed E-state index contributed by atoms with van der Waals surface area (Å²) in [7, 11) is 4.32. The van der Waals surface area contributed by atoms with Crippen molar-refractivity contribution in [2.45, 2.75) is 148 Å². The Morgan fingerprint density at radius 1 is 0.591 bits per heavy atom. The molecule has 0 aliphatic rings. The fourth-order valence-electron chi connectivity index (χ4n) is 5.19. The Labute approximate surface area is 271 Å². The van der Waals surface area contributed by atoms with Gasteiger partial charge in [-0.25, -0.2) is 0 Å². The normalized spacial score (nSPS) is 12.5. The molecule has 0 aromatic rings. The molecule has 0 aliphatic carbocycles. The van der Waals surface area contributed by atoms with E-state index in [9.17, 15) is 14.7 Å². The van der Waals surface area contributed by atoms with E-state index < -0.39 is 5.97 Å². The maximum atomic E-state index is 11.4. The van der Waals surface area contributed by atoms with E-state index in [4.69, 9.17) is 18.9 Å². The number of nitrogens with zero attached hydrogens (tertiary/aromatic N) is 1. The van der Waals surface area contributed by atoms with Gasteiger partial charge in [0.05, 0.1) is 53.7 Å². The quantitative estimate of drug-likeness (QED) is 0.0565. The number of aliphatic carboxylic acids is 1. The third kappa shape index (κ3) is 33.8. The monoisotopic (exact) mass is 630 g/mol. The van der Waals surface area contributed by atoms with E-state index in [0.717, 1.165) is 36.8 Å². The molecular weight excluding hydrogens is 558 g/mol. The predicted octanol–water partition coefficient (Wildman–Crippen LogP) is 6.66. The Balaban J connectivity index is 3.71. The van der Waals surface area contributed by atoms with Crippen molar-refractivity contribution in [3.8, 4) is 0 Å². The van der Waals surface area contributed by atoms with E-state index in [1.807, 2.05) is 0 Å². The number of likely N-dealkylation sites (N-methyl/N-ethyl adjacent to an activating group) is 1. The van der Waals surface area contributed by atoms with E-state index in [-0.39, 0.29) is 24.9 Å². The van der Waals surface area contributed by atoms with Crippen molar-refractivity contribution in [2.75, 3.05) is 73.4 Å². The molecule has 0 bridgehead atoms. The SMILES string of the molecule is CCCCCCCCCCCCCCCCCCOCC(COCCOCC[N+](C)(C)CCCCCC(=O)[O-])OCC(C)=O. The first-order valence-electron chi connectivity index (χ1n) is 18.1. The van der Waals surface area contributed by atoms with E-state index in [1.54, 1.807) is 0 Å². The highest BCUT2D eigenvalue weighted by molar-refractivity contribution is 5.76. The van der Waals surface area contributed by atoms with Gasteiger partial charge in [0, 0.05) is 12.6 Å². The highest BCUT2D eigenvalue weighted by Crippen LogP contribution is 2.14. The van der Waals surface area contributed by atoms with Gasteiger partial charge < -0.3 is 33.3 Å². The Hall–Kier alpha value is -1.06. The van der Waals surface area contributed by atoms with Crippen LogP contribution in [0.4, 0.5) is 0 Å². The third-order valence-electron chi connectivity index (χ3n) is 8.13. The minimum atomic E-state index is -0.968. The summed E-state index contributed by atoms with van der Waals surface area (Å²) in [5.74, 6) is -0.972. The van der Waals surface area contributed by atoms with E-state index in [2.05, 4.69) is 21.0 Å². The van der Waals surface area contributed by atoms with Crippen LogP contribution in [0.2, 0.25) is 0 Å². The Morgan fingerprint density at radius 2 is 1.07 bits per heavy atom. The highest BCUT2D eigenvalue weighted by Gasteiger charge is 2.14. The molecule has 0 radical (unpaired) electrons. The van der Waals surface area contributed by atoms with Gasteiger partial charge in [0.25, 0.3) is 0 Å². The number of unbranched alkanes of at least 4 members (excludes halogenated alkanes) is 17. The lowest BCUT2D eigenvalue weighted by Gasteiger charge is -2.29. The standard InChI is InChI=1S/C36H71NO7/c1-5-6-7-8-9-10-11-12-13-14-15-16-17-18-19-23-27-42-32-35(44-31-34(2)38)33-43-30-29-41-28-26-37(3,4)25-22-20-21-24-36(39)40/h35H,5-33H2,1-4H3. The van der Waals surface area contributed by atoms with Crippen LogP contribution in [0.25, 0.3) is 0 Å². The number of carboxylic acid groups (broad SMARTS) is 1. The number of rotatable bonds is 36. The molecule has 0 saturated heterocycles. The van der Waals surface area contributed by atoms with Crippen LogP contribution < -0.4 is 5.11 Å². The van der Waals surface area contributed by atoms with E-state index >= 15 is 0 Å². The van der Waals surface area contributed by atoms with Crippen LogP contribution in [0.1, 0.15) is 142 Å². The van der Waals surface area contributed by atoms with Gasteiger partial charge in [-0.15, -0.1) is 0 Å². The highest BCUT2D eigenvalue weighted by atomic mass is 16.6. The van der Waals surface area contributed by atoms with Crippen molar-refractivity contribution in [1.82, 2.24) is 0 Å². The lowest BCUT2D eigenvalue weighted by Crippen LogP contribution is -2.43. The molecule has 8 heteroatoms. The number of Topliss-reactive ketones (excluding diaryl/α,β-unsaturated/α-hetero) is 1. The van der Waals surface area contributed by atoms with Gasteiger partial charge in [-0.3, -0.25) is 4.79 Å². The average Bonchev–Trinajstić information content (AvgIpc) is 2.97. The summed E-state index contributed by atoms with van der Waals surface area (Å²) in [4.78, 5) is 21.9. The summed E-state index contributed by atoms with van der Waals surface area (Å²) >= 11 is 0. The second-order valence-corrected chi connectivity index (χ2v) is 13.3. The zero-order valence-corrected chi connectivity index (χ0v) is 29.4. The summed E-state index contributed by atoms with van der Waals surface area (Å²) in [6.07, 6.45) is 24.1. The summed E-state index contributed by atoms with van der Waals surface area (Å²) in [6.45, 7) is 8.89. The first kappa shape index (κ1) is 42.9. The number of ketones is 1. The largest absolute Gasteiger partial charge is 0.550 e. The Bertz CT molecular complexity index is 644. The predicted molar refractivity (Wildman–Crippen MR) is 178 cm³/mol. The van der Waals surface area contributed by atoms with Gasteiger partial charge >= 0.3 is 0 Å². The average molecular weight is 630 g/mol. The molecule has 1 unspecified atom stereocenters. The molecule has 262 valence electrons. The van der Waals surface area contributed by atoms with Crippen molar-refractivity contribution in [3.05, 3.63) is 0 Å². The number of quaternary nitrogens is 1. The fourth-order valence-corrected chi connectivity index (χ4v) is 5.19. The van der Waals surface area contributed by atoms with Gasteiger partial charge in [0.2, 0.25) is 0 Å². The molecule has 0 aromatic heterocycles. The zero-order chi connectivity index (χ0) is 32.6. The molecule has 0 heterocycles. The number of ether oxygens (including phenoxy) is 4. The second-order valence-electron chi connectivity index (χ2n) is 13.3. The van der Waals surface area contributed by atoms with Gasteiger partial charge in [0.1, 0.15) is 19.3 Å². The first-order valence-corrected chi connectivity index (χ1v) is 18.1. The van der Waals surface area contributed by atoms with Crippen molar-refractivity contribution < 1.29 is 38.1 Å². The first-order chi connectivity index (χ1) is 21.3. The van der Waals surface area contributed by atoms with E-state index in [0.29, 0.717) is 46.1 Å². The number of carbonyl (C=O) groups excluding carboxylic acids is 2. The minimum Gasteiger partial charge on any atom is -0.550 e. The molecule has 0 aromatic carbocycles.